The molecule has 0 atom stereocenters. The summed E-state index contributed by atoms with van der Waals surface area (Å²) in [5.41, 5.74) is 0.392. The van der Waals surface area contributed by atoms with E-state index >= 15 is 0 Å². The first-order valence-corrected chi connectivity index (χ1v) is 9.16. The summed E-state index contributed by atoms with van der Waals surface area (Å²) in [6.07, 6.45) is 0. The fraction of sp³-hybridized carbons (Fsp3) is 0.0714. The minimum absolute atomic E-state index is 0.0787. The van der Waals surface area contributed by atoms with Gasteiger partial charge in [0.05, 0.1) is 9.82 Å². The highest BCUT2D eigenvalue weighted by Gasteiger charge is 2.17. The van der Waals surface area contributed by atoms with E-state index in [0.717, 1.165) is 0 Å². The molecule has 1 N–H and O–H groups in total. The Morgan fingerprint density at radius 2 is 1.65 bits per heavy atom. The highest BCUT2D eigenvalue weighted by Crippen LogP contribution is 2.32. The number of hydrogen-bond donors (Lipinski definition) is 1. The second kappa shape index (κ2) is 6.80. The number of non-ortho nitro benzene ring substituents is 1. The number of anilines is 1. The summed E-state index contributed by atoms with van der Waals surface area (Å²) in [7, 11) is -3.06. The molecule has 0 unspecified atom stereocenters. The van der Waals surface area contributed by atoms with Crippen LogP contribution in [0.15, 0.2) is 58.3 Å². The number of nitrogens with zero attached hydrogens (tertiary/aromatic N) is 1. The maximum atomic E-state index is 12.3. The van der Waals surface area contributed by atoms with Crippen LogP contribution in [0.4, 0.5) is 11.4 Å². The van der Waals surface area contributed by atoms with Crippen LogP contribution in [0, 0.1) is 10.1 Å². The average molecular weight is 352 g/mol. The Hall–Kier alpha value is -2.39. The highest BCUT2D eigenvalue weighted by atomic mass is 33.1. The smallest absolute Gasteiger partial charge is 0.269 e. The topological polar surface area (TPSA) is 106 Å². The summed E-state index contributed by atoms with van der Waals surface area (Å²) in [5, 5.41) is 13.1. The SMILES string of the molecule is CC(=O)Nc1ccc(S(=O)(=O)Sc2ccc([N+](=O)[O-])cc2)cc1. The Kier molecular flexibility index (Phi) is 5.02. The zero-order valence-electron chi connectivity index (χ0n) is 11.9. The first kappa shape index (κ1) is 17.0. The molecule has 0 saturated heterocycles. The van der Waals surface area contributed by atoms with Crippen molar-refractivity contribution in [2.75, 3.05) is 5.32 Å². The van der Waals surface area contributed by atoms with Gasteiger partial charge < -0.3 is 5.32 Å². The number of nitro benzene ring substituents is 1. The van der Waals surface area contributed by atoms with Crippen molar-refractivity contribution in [2.24, 2.45) is 0 Å². The molecule has 0 aliphatic rings. The quantitative estimate of drug-likeness (QED) is 0.503. The lowest BCUT2D eigenvalue weighted by Gasteiger charge is -2.06. The van der Waals surface area contributed by atoms with Gasteiger partial charge in [-0.2, -0.15) is 0 Å². The van der Waals surface area contributed by atoms with Gasteiger partial charge in [-0.3, -0.25) is 14.9 Å². The van der Waals surface area contributed by atoms with Crippen molar-refractivity contribution in [3.63, 3.8) is 0 Å². The summed E-state index contributed by atoms with van der Waals surface area (Å²) >= 11 is 0. The zero-order chi connectivity index (χ0) is 17.0. The van der Waals surface area contributed by atoms with Crippen molar-refractivity contribution in [2.45, 2.75) is 16.7 Å². The van der Waals surface area contributed by atoms with Crippen molar-refractivity contribution < 1.29 is 18.1 Å². The van der Waals surface area contributed by atoms with Crippen LogP contribution in [0.1, 0.15) is 6.92 Å². The molecule has 2 rings (SSSR count). The van der Waals surface area contributed by atoms with Gasteiger partial charge in [0, 0.05) is 40.4 Å². The molecule has 0 fully saturated rings. The molecule has 0 radical (unpaired) electrons. The number of benzene rings is 2. The third-order valence-electron chi connectivity index (χ3n) is 2.72. The zero-order valence-corrected chi connectivity index (χ0v) is 13.6. The molecule has 2 aromatic rings. The standard InChI is InChI=1S/C14H12N2O5S2/c1-10(17)15-11-2-8-14(9-3-11)23(20,21)22-13-6-4-12(5-7-13)16(18)19/h2-9H,1H3,(H,15,17). The number of carbonyl (C=O) groups excluding carboxylic acids is 1. The Morgan fingerprint density at radius 1 is 1.09 bits per heavy atom. The molecule has 0 aliphatic carbocycles. The molecule has 0 bridgehead atoms. The maximum Gasteiger partial charge on any atom is 0.269 e. The summed E-state index contributed by atoms with van der Waals surface area (Å²) < 4.78 is 24.6. The lowest BCUT2D eigenvalue weighted by molar-refractivity contribution is -0.384. The van der Waals surface area contributed by atoms with Gasteiger partial charge in [0.25, 0.3) is 5.69 Å². The van der Waals surface area contributed by atoms with Gasteiger partial charge in [0.1, 0.15) is 0 Å². The summed E-state index contributed by atoms with van der Waals surface area (Å²) in [6.45, 7) is 1.36. The van der Waals surface area contributed by atoms with Crippen LogP contribution in [0.25, 0.3) is 0 Å². The molecular weight excluding hydrogens is 340 g/mol. The normalized spacial score (nSPS) is 11.0. The number of hydrogen-bond acceptors (Lipinski definition) is 6. The monoisotopic (exact) mass is 352 g/mol. The van der Waals surface area contributed by atoms with E-state index in [0.29, 0.717) is 21.4 Å². The Balaban J connectivity index is 2.17. The minimum atomic E-state index is -3.66. The van der Waals surface area contributed by atoms with E-state index in [9.17, 15) is 23.3 Å². The number of nitro groups is 1. The molecule has 9 heteroatoms. The molecule has 120 valence electrons. The molecule has 7 nitrogen and oxygen atoms in total. The molecule has 2 aromatic carbocycles. The van der Waals surface area contributed by atoms with E-state index in [1.807, 2.05) is 0 Å². The third-order valence-corrected chi connectivity index (χ3v) is 6.06. The van der Waals surface area contributed by atoms with Crippen molar-refractivity contribution in [1.82, 2.24) is 0 Å². The van der Waals surface area contributed by atoms with Gasteiger partial charge in [-0.05, 0) is 36.4 Å². The first-order valence-electron chi connectivity index (χ1n) is 6.34. The van der Waals surface area contributed by atoms with Gasteiger partial charge in [-0.15, -0.1) is 0 Å². The molecule has 0 saturated carbocycles. The Labute approximate surface area is 136 Å². The van der Waals surface area contributed by atoms with Crippen molar-refractivity contribution in [1.29, 1.82) is 0 Å². The largest absolute Gasteiger partial charge is 0.326 e. The molecule has 1 amide bonds. The summed E-state index contributed by atoms with van der Waals surface area (Å²) in [4.78, 5) is 21.4. The fourth-order valence-corrected chi connectivity index (χ4v) is 4.49. The Morgan fingerprint density at radius 3 is 2.13 bits per heavy atom. The molecule has 0 aliphatic heterocycles. The minimum Gasteiger partial charge on any atom is -0.326 e. The first-order chi connectivity index (χ1) is 10.8. The molecule has 0 heterocycles. The lowest BCUT2D eigenvalue weighted by atomic mass is 10.3. The van der Waals surface area contributed by atoms with Gasteiger partial charge in [-0.1, -0.05) is 0 Å². The van der Waals surface area contributed by atoms with Gasteiger partial charge in [-0.25, -0.2) is 8.42 Å². The van der Waals surface area contributed by atoms with E-state index in [4.69, 9.17) is 0 Å². The van der Waals surface area contributed by atoms with E-state index < -0.39 is 13.8 Å². The Bertz CT molecular complexity index is 830. The molecule has 0 spiro atoms. The van der Waals surface area contributed by atoms with E-state index in [2.05, 4.69) is 5.32 Å². The van der Waals surface area contributed by atoms with Crippen LogP contribution < -0.4 is 5.32 Å². The number of carbonyl (C=O) groups is 1. The van der Waals surface area contributed by atoms with Gasteiger partial charge in [0.2, 0.25) is 14.8 Å². The molecular formula is C14H12N2O5S2. The number of nitrogens with one attached hydrogen (secondary N) is 1. The predicted molar refractivity (Wildman–Crippen MR) is 86.9 cm³/mol. The van der Waals surface area contributed by atoms with Gasteiger partial charge >= 0.3 is 0 Å². The van der Waals surface area contributed by atoms with E-state index in [-0.39, 0.29) is 16.5 Å². The van der Waals surface area contributed by atoms with Crippen molar-refractivity contribution in [3.05, 3.63) is 58.6 Å². The van der Waals surface area contributed by atoms with Crippen LogP contribution in [0.2, 0.25) is 0 Å². The average Bonchev–Trinajstić information content (AvgIpc) is 2.47. The molecule has 23 heavy (non-hydrogen) atoms. The van der Waals surface area contributed by atoms with Crippen molar-refractivity contribution in [3.8, 4) is 0 Å². The van der Waals surface area contributed by atoms with E-state index in [1.54, 1.807) is 0 Å². The second-order valence-electron chi connectivity index (χ2n) is 4.49. The fourth-order valence-electron chi connectivity index (χ4n) is 1.71. The van der Waals surface area contributed by atoms with E-state index in [1.165, 1.54) is 55.5 Å². The second-order valence-corrected chi connectivity index (χ2v) is 8.33. The van der Waals surface area contributed by atoms with Crippen LogP contribution in [-0.2, 0) is 13.7 Å². The highest BCUT2D eigenvalue weighted by molar-refractivity contribution is 8.72. The number of rotatable bonds is 5. The van der Waals surface area contributed by atoms with Crippen LogP contribution >= 0.6 is 10.8 Å². The summed E-state index contributed by atoms with van der Waals surface area (Å²) in [6, 6.07) is 11.0. The lowest BCUT2D eigenvalue weighted by Crippen LogP contribution is -2.05. The van der Waals surface area contributed by atoms with Crippen LogP contribution in [-0.4, -0.2) is 19.2 Å². The third kappa shape index (κ3) is 4.54. The van der Waals surface area contributed by atoms with Crippen LogP contribution in [0.5, 0.6) is 0 Å². The van der Waals surface area contributed by atoms with Crippen LogP contribution in [0.3, 0.4) is 0 Å². The summed E-state index contributed by atoms with van der Waals surface area (Å²) in [5.74, 6) is -0.249. The van der Waals surface area contributed by atoms with Crippen molar-refractivity contribution >= 4 is 36.9 Å². The molecule has 0 aromatic heterocycles. The number of amides is 1. The maximum absolute atomic E-state index is 12.3. The van der Waals surface area contributed by atoms with Gasteiger partial charge in [0.15, 0.2) is 0 Å². The predicted octanol–water partition coefficient (Wildman–Crippen LogP) is 3.03.